The van der Waals surface area contributed by atoms with Crippen molar-refractivity contribution in [3.8, 4) is 11.1 Å². The first kappa shape index (κ1) is 25.0. The lowest BCUT2D eigenvalue weighted by Gasteiger charge is -2.35. The maximum absolute atomic E-state index is 14.4. The van der Waals surface area contributed by atoms with Crippen LogP contribution in [-0.2, 0) is 31.4 Å². The van der Waals surface area contributed by atoms with Crippen LogP contribution in [-0.4, -0.2) is 52.2 Å². The molecule has 8 heteroatoms. The second-order valence-corrected chi connectivity index (χ2v) is 11.2. The van der Waals surface area contributed by atoms with Gasteiger partial charge in [-0.2, -0.15) is 5.10 Å². The van der Waals surface area contributed by atoms with Gasteiger partial charge in [-0.15, -0.1) is 0 Å². The lowest BCUT2D eigenvalue weighted by molar-refractivity contribution is -0.129. The highest BCUT2D eigenvalue weighted by molar-refractivity contribution is 5.80. The molecule has 0 aliphatic carbocycles. The molecule has 1 fully saturated rings. The van der Waals surface area contributed by atoms with Crippen LogP contribution < -0.4 is 4.90 Å². The summed E-state index contributed by atoms with van der Waals surface area (Å²) in [4.78, 5) is 18.8. The highest BCUT2D eigenvalue weighted by atomic mass is 19.3. The van der Waals surface area contributed by atoms with E-state index in [-0.39, 0.29) is 11.5 Å². The van der Waals surface area contributed by atoms with Gasteiger partial charge in [-0.1, -0.05) is 6.07 Å². The molecule has 3 aliphatic heterocycles. The number of amides is 1. The van der Waals surface area contributed by atoms with E-state index in [1.807, 2.05) is 11.0 Å². The fourth-order valence-electron chi connectivity index (χ4n) is 6.54. The molecule has 0 saturated carbocycles. The number of halogens is 2. The normalized spacial score (nSPS) is 19.7. The van der Waals surface area contributed by atoms with E-state index in [9.17, 15) is 13.6 Å². The Morgan fingerprint density at radius 2 is 1.87 bits per heavy atom. The van der Waals surface area contributed by atoms with E-state index < -0.39 is 6.43 Å². The number of aromatic nitrogens is 2. The zero-order chi connectivity index (χ0) is 26.6. The van der Waals surface area contributed by atoms with E-state index >= 15 is 0 Å². The first-order valence-corrected chi connectivity index (χ1v) is 13.6. The van der Waals surface area contributed by atoms with Crippen LogP contribution in [0.25, 0.3) is 11.1 Å². The maximum Gasteiger partial charge on any atom is 0.264 e. The number of rotatable bonds is 4. The summed E-state index contributed by atoms with van der Waals surface area (Å²) in [5.41, 5.74) is 7.96. The fraction of sp³-hybridized carbons (Fsp3) is 0.467. The molecule has 2 aromatic carbocycles. The Morgan fingerprint density at radius 1 is 1.03 bits per heavy atom. The molecule has 200 valence electrons. The van der Waals surface area contributed by atoms with Gasteiger partial charge in [0.25, 0.3) is 6.43 Å². The Labute approximate surface area is 222 Å². The maximum atomic E-state index is 14.4. The molecule has 1 aromatic heterocycles. The summed E-state index contributed by atoms with van der Waals surface area (Å²) in [7, 11) is 3.97. The molecule has 38 heavy (non-hydrogen) atoms. The predicted molar refractivity (Wildman–Crippen MR) is 145 cm³/mol. The van der Waals surface area contributed by atoms with Gasteiger partial charge in [-0.05, 0) is 85.6 Å². The van der Waals surface area contributed by atoms with Gasteiger partial charge < -0.3 is 14.7 Å². The first-order valence-electron chi connectivity index (χ1n) is 13.6. The minimum atomic E-state index is -2.60. The summed E-state index contributed by atoms with van der Waals surface area (Å²) in [5.74, 6) is 0.490. The van der Waals surface area contributed by atoms with Gasteiger partial charge in [-0.25, -0.2) is 8.78 Å². The van der Waals surface area contributed by atoms with Crippen LogP contribution in [0.1, 0.15) is 66.3 Å². The van der Waals surface area contributed by atoms with E-state index in [0.717, 1.165) is 67.8 Å². The molecule has 6 rings (SSSR count). The van der Waals surface area contributed by atoms with Crippen molar-refractivity contribution < 1.29 is 13.6 Å². The summed E-state index contributed by atoms with van der Waals surface area (Å²) in [6, 6.07) is 8.24. The number of hydrogen-bond donors (Lipinski definition) is 0. The Kier molecular flexibility index (Phi) is 6.46. The van der Waals surface area contributed by atoms with Crippen molar-refractivity contribution in [3.63, 3.8) is 0 Å². The summed E-state index contributed by atoms with van der Waals surface area (Å²) >= 11 is 0. The van der Waals surface area contributed by atoms with Crippen molar-refractivity contribution in [2.75, 3.05) is 31.6 Å². The van der Waals surface area contributed by atoms with Gasteiger partial charge in [0.05, 0.1) is 6.20 Å². The smallest absolute Gasteiger partial charge is 0.264 e. The van der Waals surface area contributed by atoms with Crippen molar-refractivity contribution in [1.29, 1.82) is 0 Å². The van der Waals surface area contributed by atoms with Crippen LogP contribution in [0.4, 0.5) is 20.2 Å². The predicted octanol–water partition coefficient (Wildman–Crippen LogP) is 5.78. The largest absolute Gasteiger partial charge is 0.341 e. The molecule has 3 aromatic rings. The molecule has 6 nitrogen and oxygen atoms in total. The first-order chi connectivity index (χ1) is 18.3. The average molecular weight is 520 g/mol. The molecular weight excluding hydrogens is 484 g/mol. The topological polar surface area (TPSA) is 44.6 Å². The van der Waals surface area contributed by atoms with E-state index in [1.165, 1.54) is 11.1 Å². The van der Waals surface area contributed by atoms with Crippen molar-refractivity contribution >= 4 is 17.3 Å². The Balaban J connectivity index is 1.48. The minimum absolute atomic E-state index is 0.0377. The Hall–Kier alpha value is -3.26. The summed E-state index contributed by atoms with van der Waals surface area (Å²) in [6.07, 6.45) is 4.94. The van der Waals surface area contributed by atoms with Crippen molar-refractivity contribution in [2.24, 2.45) is 7.05 Å². The highest BCUT2D eigenvalue weighted by Crippen LogP contribution is 2.45. The number of anilines is 2. The summed E-state index contributed by atoms with van der Waals surface area (Å²) < 4.78 is 30.5. The second kappa shape index (κ2) is 9.80. The monoisotopic (exact) mass is 519 g/mol. The molecule has 0 spiro atoms. The highest BCUT2D eigenvalue weighted by Gasteiger charge is 2.32. The molecule has 0 bridgehead atoms. The van der Waals surface area contributed by atoms with E-state index in [2.05, 4.69) is 34.1 Å². The lowest BCUT2D eigenvalue weighted by atomic mass is 9.87. The number of hydrogen-bond acceptors (Lipinski definition) is 4. The third-order valence-corrected chi connectivity index (χ3v) is 8.50. The van der Waals surface area contributed by atoms with Gasteiger partial charge in [0.2, 0.25) is 5.91 Å². The molecular formula is C30H35F2N5O. The van der Waals surface area contributed by atoms with Crippen LogP contribution in [0.3, 0.4) is 0 Å². The van der Waals surface area contributed by atoms with Crippen LogP contribution in [0, 0.1) is 0 Å². The standard InChI is InChI=1S/C30H35F2N5O/c1-19(38)36-17-23-10-22(21-7-4-8-34(2)15-21)12-29(27(23)18-36)37-9-5-6-20-11-25(24-14-33-35(3)16-24)26(30(31)32)13-28(20)37/h10-14,16,21,30H,4-9,15,17-18H2,1-3H3. The van der Waals surface area contributed by atoms with Crippen LogP contribution >= 0.6 is 0 Å². The lowest BCUT2D eigenvalue weighted by Crippen LogP contribution is -2.31. The molecule has 1 atom stereocenters. The third kappa shape index (κ3) is 4.49. The average Bonchev–Trinajstić information content (AvgIpc) is 3.53. The minimum Gasteiger partial charge on any atom is -0.341 e. The molecule has 4 heterocycles. The van der Waals surface area contributed by atoms with Gasteiger partial charge in [0.1, 0.15) is 0 Å². The number of aryl methyl sites for hydroxylation is 2. The second-order valence-electron chi connectivity index (χ2n) is 11.2. The van der Waals surface area contributed by atoms with Crippen LogP contribution in [0.15, 0.2) is 36.7 Å². The van der Waals surface area contributed by atoms with Gasteiger partial charge in [0.15, 0.2) is 0 Å². The molecule has 0 radical (unpaired) electrons. The number of nitrogens with zero attached hydrogens (tertiary/aromatic N) is 5. The number of fused-ring (bicyclic) bond motifs is 2. The van der Waals surface area contributed by atoms with E-state index in [0.29, 0.717) is 30.1 Å². The van der Waals surface area contributed by atoms with Crippen LogP contribution in [0.2, 0.25) is 0 Å². The van der Waals surface area contributed by atoms with E-state index in [1.54, 1.807) is 37.1 Å². The number of carbonyl (C=O) groups excluding carboxylic acids is 1. The van der Waals surface area contributed by atoms with Crippen LogP contribution in [0.5, 0.6) is 0 Å². The summed E-state index contributed by atoms with van der Waals surface area (Å²) in [5, 5.41) is 4.21. The van der Waals surface area contributed by atoms with Crippen molar-refractivity contribution in [3.05, 3.63) is 64.5 Å². The summed E-state index contributed by atoms with van der Waals surface area (Å²) in [6.45, 7) is 5.68. The number of likely N-dealkylation sites (tertiary alicyclic amines) is 1. The van der Waals surface area contributed by atoms with Crippen molar-refractivity contribution in [2.45, 2.75) is 58.0 Å². The van der Waals surface area contributed by atoms with Gasteiger partial charge >= 0.3 is 0 Å². The fourth-order valence-corrected chi connectivity index (χ4v) is 6.54. The van der Waals surface area contributed by atoms with Gasteiger partial charge in [0, 0.05) is 74.4 Å². The SMILES string of the molecule is CC(=O)N1Cc2cc(C3CCCN(C)C3)cc(N3CCCc4cc(-c5cnn(C)c5)c(C(F)F)cc43)c2C1. The molecule has 1 amide bonds. The number of carbonyl (C=O) groups is 1. The molecule has 1 unspecified atom stereocenters. The number of alkyl halides is 2. The quantitative estimate of drug-likeness (QED) is 0.438. The molecule has 3 aliphatic rings. The molecule has 0 N–H and O–H groups in total. The zero-order valence-corrected chi connectivity index (χ0v) is 22.4. The zero-order valence-electron chi connectivity index (χ0n) is 22.4. The molecule has 1 saturated heterocycles. The van der Waals surface area contributed by atoms with E-state index in [4.69, 9.17) is 0 Å². The van der Waals surface area contributed by atoms with Gasteiger partial charge in [-0.3, -0.25) is 9.48 Å². The Morgan fingerprint density at radius 3 is 2.58 bits per heavy atom. The third-order valence-electron chi connectivity index (χ3n) is 8.50. The Bertz CT molecular complexity index is 1380. The number of likely N-dealkylation sites (N-methyl/N-ethyl adjacent to an activating group) is 1. The van der Waals surface area contributed by atoms with Crippen molar-refractivity contribution in [1.82, 2.24) is 19.6 Å². The number of piperidine rings is 1. The number of benzene rings is 2.